The second-order valence-corrected chi connectivity index (χ2v) is 14.4. The van der Waals surface area contributed by atoms with Crippen LogP contribution in [0.3, 0.4) is 0 Å². The number of hydrogen-bond acceptors (Lipinski definition) is 3. The van der Waals surface area contributed by atoms with Crippen molar-refractivity contribution in [2.24, 2.45) is 17.8 Å². The van der Waals surface area contributed by atoms with E-state index in [2.05, 4.69) is 19.1 Å². The zero-order chi connectivity index (χ0) is 34.5. The lowest BCUT2D eigenvalue weighted by molar-refractivity contribution is -0.929. The number of allylic oxidation sites excluding steroid dienone is 2. The van der Waals surface area contributed by atoms with E-state index in [0.717, 1.165) is 38.6 Å². The van der Waals surface area contributed by atoms with Gasteiger partial charge in [0.2, 0.25) is 0 Å². The first-order valence-corrected chi connectivity index (χ1v) is 19.2. The fraction of sp³-hybridized carbons (Fsp3) is 0.872. The summed E-state index contributed by atoms with van der Waals surface area (Å²) in [4.78, 5) is 34.6. The standard InChI is InChI=1S/C39H73NO6/c1-5-6-7-8-9-10-11-12-13-14-15-16-17-18-19-20-21-22-23-24-25-26-30-40(31-27-34(2)37(41)42,32-28-35(3)38(43)44)33-29-36(4)39(45)46/h20-21,34-36H,5-19,22-33H2,1-4H3,(H2-,41,42,43,44,45,46)/p+1/b21-20+. The third kappa shape index (κ3) is 25.2. The van der Waals surface area contributed by atoms with E-state index < -0.39 is 35.7 Å². The fourth-order valence-corrected chi connectivity index (χ4v) is 6.20. The second-order valence-electron chi connectivity index (χ2n) is 14.4. The Bertz CT molecular complexity index is 738. The zero-order valence-corrected chi connectivity index (χ0v) is 30.5. The molecule has 0 rings (SSSR count). The van der Waals surface area contributed by atoms with E-state index in [1.54, 1.807) is 20.8 Å². The Morgan fingerprint density at radius 2 is 0.739 bits per heavy atom. The highest BCUT2D eigenvalue weighted by Gasteiger charge is 2.31. The summed E-state index contributed by atoms with van der Waals surface area (Å²) < 4.78 is 0.603. The first kappa shape index (κ1) is 44.1. The number of aliphatic carboxylic acids is 3. The summed E-state index contributed by atoms with van der Waals surface area (Å²) in [5.41, 5.74) is 0. The monoisotopic (exact) mass is 653 g/mol. The van der Waals surface area contributed by atoms with Crippen molar-refractivity contribution in [2.75, 3.05) is 26.2 Å². The van der Waals surface area contributed by atoms with Crippen LogP contribution in [0.1, 0.15) is 175 Å². The van der Waals surface area contributed by atoms with Crippen molar-refractivity contribution in [3.05, 3.63) is 12.2 Å². The highest BCUT2D eigenvalue weighted by molar-refractivity contribution is 5.70. The van der Waals surface area contributed by atoms with Crippen molar-refractivity contribution >= 4 is 17.9 Å². The molecule has 0 aliphatic carbocycles. The number of nitrogens with zero attached hydrogens (tertiary/aromatic N) is 1. The normalized spacial score (nSPS) is 15.0. The molecule has 0 aliphatic heterocycles. The van der Waals surface area contributed by atoms with Crippen LogP contribution in [0.15, 0.2) is 12.2 Å². The van der Waals surface area contributed by atoms with E-state index in [9.17, 15) is 29.7 Å². The van der Waals surface area contributed by atoms with Crippen LogP contribution in [0.4, 0.5) is 0 Å². The van der Waals surface area contributed by atoms with E-state index in [4.69, 9.17) is 0 Å². The molecule has 0 spiro atoms. The molecular weight excluding hydrogens is 578 g/mol. The Hall–Kier alpha value is -1.89. The molecule has 0 saturated carbocycles. The average molecular weight is 653 g/mol. The van der Waals surface area contributed by atoms with Gasteiger partial charge in [0.05, 0.1) is 43.9 Å². The summed E-state index contributed by atoms with van der Waals surface area (Å²) in [6.07, 6.45) is 32.3. The number of carboxylic acid groups (broad SMARTS) is 3. The number of carbonyl (C=O) groups is 3. The maximum atomic E-state index is 11.5. The van der Waals surface area contributed by atoms with Gasteiger partial charge in [0.1, 0.15) is 0 Å². The summed E-state index contributed by atoms with van der Waals surface area (Å²) in [5.74, 6) is -3.93. The third-order valence-corrected chi connectivity index (χ3v) is 10.0. The van der Waals surface area contributed by atoms with Crippen molar-refractivity contribution < 1.29 is 34.2 Å². The molecule has 46 heavy (non-hydrogen) atoms. The number of rotatable bonds is 34. The van der Waals surface area contributed by atoms with E-state index >= 15 is 0 Å². The minimum atomic E-state index is -0.826. The van der Waals surface area contributed by atoms with E-state index in [-0.39, 0.29) is 0 Å². The number of carboxylic acids is 3. The number of quaternary nitrogens is 1. The van der Waals surface area contributed by atoms with Gasteiger partial charge in [0, 0.05) is 19.3 Å². The van der Waals surface area contributed by atoms with Gasteiger partial charge in [-0.2, -0.15) is 0 Å². The lowest BCUT2D eigenvalue weighted by atomic mass is 10.0. The van der Waals surface area contributed by atoms with Gasteiger partial charge < -0.3 is 19.8 Å². The lowest BCUT2D eigenvalue weighted by Crippen LogP contribution is -2.52. The Labute approximate surface area is 283 Å². The molecule has 0 heterocycles. The van der Waals surface area contributed by atoms with Crippen LogP contribution in [-0.2, 0) is 14.4 Å². The fourth-order valence-electron chi connectivity index (χ4n) is 6.20. The van der Waals surface area contributed by atoms with Crippen molar-refractivity contribution in [2.45, 2.75) is 175 Å². The number of hydrogen-bond donors (Lipinski definition) is 3. The summed E-state index contributed by atoms with van der Waals surface area (Å²) in [7, 11) is 0. The molecule has 0 aromatic rings. The Morgan fingerprint density at radius 3 is 1.04 bits per heavy atom. The topological polar surface area (TPSA) is 112 Å². The molecule has 0 bridgehead atoms. The minimum absolute atomic E-state index is 0.484. The van der Waals surface area contributed by atoms with Crippen LogP contribution in [0.5, 0.6) is 0 Å². The molecule has 3 N–H and O–H groups in total. The van der Waals surface area contributed by atoms with Crippen LogP contribution >= 0.6 is 0 Å². The zero-order valence-electron chi connectivity index (χ0n) is 30.5. The minimum Gasteiger partial charge on any atom is -0.481 e. The highest BCUT2D eigenvalue weighted by atomic mass is 16.4. The number of unbranched alkanes of at least 4 members (excludes halogenated alkanes) is 18. The van der Waals surface area contributed by atoms with E-state index in [1.807, 2.05) is 0 Å². The van der Waals surface area contributed by atoms with Crippen molar-refractivity contribution in [1.82, 2.24) is 0 Å². The molecule has 3 atom stereocenters. The van der Waals surface area contributed by atoms with Crippen molar-refractivity contribution in [3.8, 4) is 0 Å². The average Bonchev–Trinajstić information content (AvgIpc) is 3.03. The molecule has 3 unspecified atom stereocenters. The SMILES string of the molecule is CCCCCCCCCCCCCCCC/C=C/CCCCCC[N+](CCC(C)C(=O)O)(CCC(C)C(=O)O)CCC(C)C(=O)O. The van der Waals surface area contributed by atoms with E-state index in [1.165, 1.54) is 96.3 Å². The van der Waals surface area contributed by atoms with Crippen LogP contribution in [0, 0.1) is 17.8 Å². The van der Waals surface area contributed by atoms with Gasteiger partial charge in [-0.05, 0) is 38.5 Å². The molecule has 0 aliphatic rings. The Balaban J connectivity index is 4.33. The molecule has 7 heteroatoms. The van der Waals surface area contributed by atoms with Crippen LogP contribution < -0.4 is 0 Å². The van der Waals surface area contributed by atoms with Gasteiger partial charge >= 0.3 is 17.9 Å². The summed E-state index contributed by atoms with van der Waals surface area (Å²) in [5, 5.41) is 28.4. The second kappa shape index (κ2) is 29.3. The largest absolute Gasteiger partial charge is 0.481 e. The summed E-state index contributed by atoms with van der Waals surface area (Å²) in [6, 6.07) is 0. The predicted molar refractivity (Wildman–Crippen MR) is 191 cm³/mol. The quantitative estimate of drug-likeness (QED) is 0.0362. The molecule has 0 aromatic heterocycles. The van der Waals surface area contributed by atoms with Gasteiger partial charge in [0.25, 0.3) is 0 Å². The van der Waals surface area contributed by atoms with Gasteiger partial charge in [0.15, 0.2) is 0 Å². The smallest absolute Gasteiger partial charge is 0.306 e. The molecule has 7 nitrogen and oxygen atoms in total. The van der Waals surface area contributed by atoms with Gasteiger partial charge in [-0.3, -0.25) is 14.4 Å². The molecular formula is C39H74NO6+. The van der Waals surface area contributed by atoms with Crippen LogP contribution in [0.25, 0.3) is 0 Å². The Morgan fingerprint density at radius 1 is 0.457 bits per heavy atom. The molecule has 0 aromatic carbocycles. The van der Waals surface area contributed by atoms with Gasteiger partial charge in [-0.1, -0.05) is 130 Å². The summed E-state index contributed by atoms with van der Waals surface area (Å²) in [6.45, 7) is 10.1. The molecule has 270 valence electrons. The molecule has 0 radical (unpaired) electrons. The van der Waals surface area contributed by atoms with Crippen LogP contribution in [-0.4, -0.2) is 63.9 Å². The Kier molecular flexibility index (Phi) is 28.1. The maximum absolute atomic E-state index is 11.5. The van der Waals surface area contributed by atoms with E-state index in [0.29, 0.717) is 43.4 Å². The predicted octanol–water partition coefficient (Wildman–Crippen LogP) is 10.5. The van der Waals surface area contributed by atoms with Gasteiger partial charge in [-0.15, -0.1) is 0 Å². The molecule has 0 fully saturated rings. The first-order chi connectivity index (χ1) is 22.0. The van der Waals surface area contributed by atoms with Crippen molar-refractivity contribution in [3.63, 3.8) is 0 Å². The maximum Gasteiger partial charge on any atom is 0.306 e. The third-order valence-electron chi connectivity index (χ3n) is 10.0. The highest BCUT2D eigenvalue weighted by Crippen LogP contribution is 2.22. The van der Waals surface area contributed by atoms with Crippen LogP contribution in [0.2, 0.25) is 0 Å². The summed E-state index contributed by atoms with van der Waals surface area (Å²) >= 11 is 0. The van der Waals surface area contributed by atoms with Crippen molar-refractivity contribution in [1.29, 1.82) is 0 Å². The molecule has 0 saturated heterocycles. The lowest BCUT2D eigenvalue weighted by Gasteiger charge is -2.40. The molecule has 0 amide bonds. The first-order valence-electron chi connectivity index (χ1n) is 19.2. The van der Waals surface area contributed by atoms with Gasteiger partial charge in [-0.25, -0.2) is 0 Å².